The summed E-state index contributed by atoms with van der Waals surface area (Å²) in [4.78, 5) is 10.3. The number of halogens is 1. The van der Waals surface area contributed by atoms with Crippen LogP contribution in [-0.4, -0.2) is 24.0 Å². The number of hydrogen-bond acceptors (Lipinski definition) is 3. The van der Waals surface area contributed by atoms with E-state index in [1.807, 2.05) is 6.20 Å². The lowest BCUT2D eigenvalue weighted by atomic mass is 10.0. The number of guanidine groups is 1. The molecule has 132 valence electrons. The molecule has 0 amide bonds. The summed E-state index contributed by atoms with van der Waals surface area (Å²) < 4.78 is 0. The largest absolute Gasteiger partial charge is 0.357 e. The molecular weight excluding hydrogens is 431 g/mol. The first-order chi connectivity index (χ1) is 11.1. The molecule has 1 aromatic carbocycles. The Morgan fingerprint density at radius 2 is 2.04 bits per heavy atom. The average Bonchev–Trinajstić information content (AvgIpc) is 2.93. The monoisotopic (exact) mass is 458 g/mol. The minimum atomic E-state index is 0. The van der Waals surface area contributed by atoms with Gasteiger partial charge in [0, 0.05) is 30.6 Å². The van der Waals surface area contributed by atoms with Crippen LogP contribution >= 0.6 is 35.3 Å². The predicted molar refractivity (Wildman–Crippen MR) is 115 cm³/mol. The highest BCUT2D eigenvalue weighted by molar-refractivity contribution is 14.0. The fourth-order valence-corrected chi connectivity index (χ4v) is 3.23. The van der Waals surface area contributed by atoms with E-state index in [0.29, 0.717) is 0 Å². The SMILES string of the molecule is CCNC(=NCCc1ncc(C)s1)NC(C)c1ccccc1C.I. The van der Waals surface area contributed by atoms with Gasteiger partial charge in [0.2, 0.25) is 0 Å². The van der Waals surface area contributed by atoms with E-state index < -0.39 is 0 Å². The van der Waals surface area contributed by atoms with Crippen molar-refractivity contribution >= 4 is 41.3 Å². The van der Waals surface area contributed by atoms with E-state index in [1.54, 1.807) is 11.3 Å². The molecule has 0 saturated carbocycles. The van der Waals surface area contributed by atoms with Gasteiger partial charge < -0.3 is 10.6 Å². The lowest BCUT2D eigenvalue weighted by molar-refractivity contribution is 0.682. The molecule has 0 aliphatic carbocycles. The number of nitrogens with one attached hydrogen (secondary N) is 2. The third-order valence-corrected chi connectivity index (χ3v) is 4.59. The Bertz CT molecular complexity index is 654. The summed E-state index contributed by atoms with van der Waals surface area (Å²) in [5.74, 6) is 0.858. The van der Waals surface area contributed by atoms with Gasteiger partial charge in [0.1, 0.15) is 0 Å². The third kappa shape index (κ3) is 6.39. The molecule has 24 heavy (non-hydrogen) atoms. The van der Waals surface area contributed by atoms with Gasteiger partial charge in [0.05, 0.1) is 11.0 Å². The molecule has 2 rings (SSSR count). The van der Waals surface area contributed by atoms with Crippen LogP contribution < -0.4 is 10.6 Å². The normalized spacial score (nSPS) is 12.4. The molecule has 1 atom stereocenters. The highest BCUT2D eigenvalue weighted by atomic mass is 127. The highest BCUT2D eigenvalue weighted by Gasteiger charge is 2.09. The van der Waals surface area contributed by atoms with Gasteiger partial charge in [-0.3, -0.25) is 4.99 Å². The molecule has 1 aromatic heterocycles. The number of rotatable bonds is 6. The minimum absolute atomic E-state index is 0. The van der Waals surface area contributed by atoms with Gasteiger partial charge >= 0.3 is 0 Å². The van der Waals surface area contributed by atoms with Crippen molar-refractivity contribution in [2.24, 2.45) is 4.99 Å². The van der Waals surface area contributed by atoms with Crippen molar-refractivity contribution in [1.82, 2.24) is 15.6 Å². The van der Waals surface area contributed by atoms with Crippen molar-refractivity contribution in [3.63, 3.8) is 0 Å². The highest BCUT2D eigenvalue weighted by Crippen LogP contribution is 2.16. The molecule has 0 bridgehead atoms. The van der Waals surface area contributed by atoms with Gasteiger partial charge in [-0.2, -0.15) is 0 Å². The summed E-state index contributed by atoms with van der Waals surface area (Å²) in [6.07, 6.45) is 2.81. The maximum absolute atomic E-state index is 4.67. The lowest BCUT2D eigenvalue weighted by Crippen LogP contribution is -2.39. The van der Waals surface area contributed by atoms with Crippen molar-refractivity contribution in [3.05, 3.63) is 51.5 Å². The van der Waals surface area contributed by atoms with Crippen LogP contribution in [0.25, 0.3) is 0 Å². The molecule has 0 radical (unpaired) electrons. The zero-order valence-corrected chi connectivity index (χ0v) is 17.9. The molecule has 0 aliphatic heterocycles. The van der Waals surface area contributed by atoms with Crippen LogP contribution in [0.5, 0.6) is 0 Å². The van der Waals surface area contributed by atoms with Gasteiger partial charge in [-0.25, -0.2) is 4.98 Å². The van der Waals surface area contributed by atoms with Crippen LogP contribution in [-0.2, 0) is 6.42 Å². The smallest absolute Gasteiger partial charge is 0.191 e. The third-order valence-electron chi connectivity index (χ3n) is 3.62. The van der Waals surface area contributed by atoms with Crippen molar-refractivity contribution < 1.29 is 0 Å². The summed E-state index contributed by atoms with van der Waals surface area (Å²) in [7, 11) is 0. The summed E-state index contributed by atoms with van der Waals surface area (Å²) in [5, 5.41) is 7.95. The van der Waals surface area contributed by atoms with E-state index in [-0.39, 0.29) is 30.0 Å². The molecule has 1 unspecified atom stereocenters. The minimum Gasteiger partial charge on any atom is -0.357 e. The Kier molecular flexibility index (Phi) is 9.28. The number of nitrogens with zero attached hydrogens (tertiary/aromatic N) is 2. The Hall–Kier alpha value is -1.15. The summed E-state index contributed by atoms with van der Waals surface area (Å²) in [6, 6.07) is 8.67. The van der Waals surface area contributed by atoms with Crippen molar-refractivity contribution in [2.75, 3.05) is 13.1 Å². The van der Waals surface area contributed by atoms with Gasteiger partial charge in [0.15, 0.2) is 5.96 Å². The molecule has 1 heterocycles. The van der Waals surface area contributed by atoms with Gasteiger partial charge in [-0.15, -0.1) is 35.3 Å². The second-order valence-electron chi connectivity index (χ2n) is 5.60. The van der Waals surface area contributed by atoms with Crippen molar-refractivity contribution in [3.8, 4) is 0 Å². The fraction of sp³-hybridized carbons (Fsp3) is 0.444. The number of aromatic nitrogens is 1. The van der Waals surface area contributed by atoms with E-state index in [1.165, 1.54) is 16.0 Å². The van der Waals surface area contributed by atoms with Gasteiger partial charge in [-0.05, 0) is 38.8 Å². The van der Waals surface area contributed by atoms with E-state index in [4.69, 9.17) is 0 Å². The number of aliphatic imine (C=N–C) groups is 1. The summed E-state index contributed by atoms with van der Waals surface area (Å²) in [6.45, 7) is 10.1. The molecule has 0 aliphatic rings. The van der Waals surface area contributed by atoms with Crippen LogP contribution in [0.1, 0.15) is 40.9 Å². The molecular formula is C18H27IN4S. The topological polar surface area (TPSA) is 49.3 Å². The van der Waals surface area contributed by atoms with Gasteiger partial charge in [-0.1, -0.05) is 24.3 Å². The van der Waals surface area contributed by atoms with E-state index >= 15 is 0 Å². The van der Waals surface area contributed by atoms with Crippen molar-refractivity contribution in [1.29, 1.82) is 0 Å². The van der Waals surface area contributed by atoms with Gasteiger partial charge in [0.25, 0.3) is 0 Å². The maximum Gasteiger partial charge on any atom is 0.191 e. The predicted octanol–water partition coefficient (Wildman–Crippen LogP) is 4.24. The first-order valence-corrected chi connectivity index (χ1v) is 8.93. The Morgan fingerprint density at radius 1 is 1.29 bits per heavy atom. The van der Waals surface area contributed by atoms with Crippen molar-refractivity contribution in [2.45, 2.75) is 40.2 Å². The van der Waals surface area contributed by atoms with Crippen LogP contribution in [0.3, 0.4) is 0 Å². The standard InChI is InChI=1S/C18H26N4S.HI/c1-5-19-18(20-11-10-17-21-12-14(3)23-17)22-15(4)16-9-7-6-8-13(16)2;/h6-9,12,15H,5,10-11H2,1-4H3,(H2,19,20,22);1H. The zero-order valence-electron chi connectivity index (χ0n) is 14.8. The van der Waals surface area contributed by atoms with Crippen LogP contribution in [0.15, 0.2) is 35.5 Å². The van der Waals surface area contributed by atoms with Crippen LogP contribution in [0.2, 0.25) is 0 Å². The summed E-state index contributed by atoms with van der Waals surface area (Å²) >= 11 is 1.74. The second kappa shape index (κ2) is 10.7. The van der Waals surface area contributed by atoms with E-state index in [0.717, 1.165) is 30.5 Å². The molecule has 2 N–H and O–H groups in total. The number of hydrogen-bond donors (Lipinski definition) is 2. The van der Waals surface area contributed by atoms with E-state index in [9.17, 15) is 0 Å². The quantitative estimate of drug-likeness (QED) is 0.387. The number of benzene rings is 1. The molecule has 0 fully saturated rings. The fourth-order valence-electron chi connectivity index (χ4n) is 2.46. The van der Waals surface area contributed by atoms with Crippen LogP contribution in [0.4, 0.5) is 0 Å². The average molecular weight is 458 g/mol. The molecule has 4 nitrogen and oxygen atoms in total. The lowest BCUT2D eigenvalue weighted by Gasteiger charge is -2.19. The molecule has 0 spiro atoms. The second-order valence-corrected chi connectivity index (χ2v) is 6.92. The number of aryl methyl sites for hydroxylation is 2. The first kappa shape index (κ1) is 20.9. The number of thiazole rings is 1. The Labute approximate surface area is 166 Å². The zero-order chi connectivity index (χ0) is 16.7. The molecule has 6 heteroatoms. The van der Waals surface area contributed by atoms with E-state index in [2.05, 4.69) is 72.6 Å². The maximum atomic E-state index is 4.67. The van der Waals surface area contributed by atoms with Crippen LogP contribution in [0, 0.1) is 13.8 Å². The molecule has 2 aromatic rings. The molecule has 0 saturated heterocycles. The first-order valence-electron chi connectivity index (χ1n) is 8.11. The Balaban J connectivity index is 0.00000288. The Morgan fingerprint density at radius 3 is 2.67 bits per heavy atom. The summed E-state index contributed by atoms with van der Waals surface area (Å²) in [5.41, 5.74) is 2.59.